The quantitative estimate of drug-likeness (QED) is 0.480. The first-order valence-electron chi connectivity index (χ1n) is 5.23. The number of alkyl halides is 1. The number of nitrogens with one attached hydrogen (secondary N) is 1. The molecule has 0 aromatic carbocycles. The van der Waals surface area contributed by atoms with Gasteiger partial charge in [0.05, 0.1) is 11.9 Å². The van der Waals surface area contributed by atoms with Crippen LogP contribution in [0.4, 0.5) is 0 Å². The molecule has 0 aromatic heterocycles. The van der Waals surface area contributed by atoms with E-state index in [4.69, 9.17) is 11.6 Å². The summed E-state index contributed by atoms with van der Waals surface area (Å²) in [5, 5.41) is 9.34. The highest BCUT2D eigenvalue weighted by Gasteiger charge is 2.11. The summed E-state index contributed by atoms with van der Waals surface area (Å²) in [7, 11) is -3.24. The van der Waals surface area contributed by atoms with Crippen LogP contribution in [0.3, 0.4) is 0 Å². The van der Waals surface area contributed by atoms with Gasteiger partial charge in [-0.1, -0.05) is 13.3 Å². The van der Waals surface area contributed by atoms with E-state index in [0.717, 1.165) is 6.42 Å². The molecule has 15 heavy (non-hydrogen) atoms. The molecule has 0 amide bonds. The molecule has 0 saturated heterocycles. The average Bonchev–Trinajstić information content (AvgIpc) is 2.16. The van der Waals surface area contributed by atoms with Crippen LogP contribution in [0.5, 0.6) is 0 Å². The van der Waals surface area contributed by atoms with Crippen LogP contribution in [0.1, 0.15) is 32.6 Å². The zero-order valence-corrected chi connectivity index (χ0v) is 10.6. The first-order chi connectivity index (χ1) is 7.02. The van der Waals surface area contributed by atoms with Crippen LogP contribution in [-0.2, 0) is 10.0 Å². The van der Waals surface area contributed by atoms with Crippen LogP contribution in [0, 0.1) is 0 Å². The second-order valence-corrected chi connectivity index (χ2v) is 5.81. The minimum Gasteiger partial charge on any atom is -0.392 e. The van der Waals surface area contributed by atoms with Crippen LogP contribution in [0.25, 0.3) is 0 Å². The molecule has 1 atom stereocenters. The van der Waals surface area contributed by atoms with E-state index in [0.29, 0.717) is 25.1 Å². The molecule has 0 aliphatic heterocycles. The number of hydrogen-bond acceptors (Lipinski definition) is 3. The standard InChI is InChI=1S/C9H20ClNO3S/c1-2-5-9(12)8-11-15(13,14)7-4-3-6-10/h9,11-12H,2-8H2,1H3. The highest BCUT2D eigenvalue weighted by atomic mass is 35.5. The number of hydrogen-bond donors (Lipinski definition) is 2. The van der Waals surface area contributed by atoms with Crippen LogP contribution < -0.4 is 4.72 Å². The summed E-state index contributed by atoms with van der Waals surface area (Å²) in [6.07, 6.45) is 2.12. The van der Waals surface area contributed by atoms with Crippen LogP contribution in [-0.4, -0.2) is 37.8 Å². The largest absolute Gasteiger partial charge is 0.392 e. The van der Waals surface area contributed by atoms with Crippen molar-refractivity contribution in [1.82, 2.24) is 4.72 Å². The Hall–Kier alpha value is 0.160. The lowest BCUT2D eigenvalue weighted by atomic mass is 10.2. The zero-order valence-electron chi connectivity index (χ0n) is 9.08. The van der Waals surface area contributed by atoms with Crippen molar-refractivity contribution in [3.63, 3.8) is 0 Å². The third kappa shape index (κ3) is 9.11. The number of sulfonamides is 1. The Morgan fingerprint density at radius 2 is 2.07 bits per heavy atom. The average molecular weight is 258 g/mol. The summed E-state index contributed by atoms with van der Waals surface area (Å²) in [5.41, 5.74) is 0. The van der Waals surface area contributed by atoms with E-state index in [9.17, 15) is 13.5 Å². The normalized spacial score (nSPS) is 14.1. The van der Waals surface area contributed by atoms with Gasteiger partial charge in [-0.2, -0.15) is 0 Å². The van der Waals surface area contributed by atoms with Gasteiger partial charge in [-0.05, 0) is 19.3 Å². The molecule has 0 spiro atoms. The lowest BCUT2D eigenvalue weighted by molar-refractivity contribution is 0.167. The van der Waals surface area contributed by atoms with Crippen molar-refractivity contribution in [2.75, 3.05) is 18.2 Å². The number of aliphatic hydroxyl groups is 1. The van der Waals surface area contributed by atoms with Crippen molar-refractivity contribution in [2.24, 2.45) is 0 Å². The number of aliphatic hydroxyl groups excluding tert-OH is 1. The molecule has 2 N–H and O–H groups in total. The molecule has 0 saturated carbocycles. The first kappa shape index (κ1) is 15.2. The highest BCUT2D eigenvalue weighted by Crippen LogP contribution is 1.98. The van der Waals surface area contributed by atoms with E-state index >= 15 is 0 Å². The Morgan fingerprint density at radius 3 is 2.60 bits per heavy atom. The van der Waals surface area contributed by atoms with E-state index in [2.05, 4.69) is 4.72 Å². The monoisotopic (exact) mass is 257 g/mol. The molecule has 92 valence electrons. The Kier molecular flexibility index (Phi) is 8.42. The van der Waals surface area contributed by atoms with Gasteiger partial charge in [-0.25, -0.2) is 13.1 Å². The summed E-state index contributed by atoms with van der Waals surface area (Å²) in [5.74, 6) is 0.562. The van der Waals surface area contributed by atoms with Crippen LogP contribution >= 0.6 is 11.6 Å². The molecule has 0 aliphatic rings. The Morgan fingerprint density at radius 1 is 1.40 bits per heavy atom. The zero-order chi connectivity index (χ0) is 11.7. The predicted molar refractivity (Wildman–Crippen MR) is 62.7 cm³/mol. The summed E-state index contributed by atoms with van der Waals surface area (Å²) in [6, 6.07) is 0. The molecule has 6 heteroatoms. The number of halogens is 1. The highest BCUT2D eigenvalue weighted by molar-refractivity contribution is 7.89. The van der Waals surface area contributed by atoms with Gasteiger partial charge in [0.1, 0.15) is 0 Å². The van der Waals surface area contributed by atoms with Gasteiger partial charge < -0.3 is 5.11 Å². The minimum absolute atomic E-state index is 0.0819. The second kappa shape index (κ2) is 8.33. The Labute approximate surface area is 97.1 Å². The molecular formula is C9H20ClNO3S. The SMILES string of the molecule is CCCC(O)CNS(=O)(=O)CCCCCl. The lowest BCUT2D eigenvalue weighted by Crippen LogP contribution is -2.33. The summed E-state index contributed by atoms with van der Waals surface area (Å²) in [6.45, 7) is 2.05. The van der Waals surface area contributed by atoms with Gasteiger partial charge in [0, 0.05) is 12.4 Å². The molecule has 0 radical (unpaired) electrons. The lowest BCUT2D eigenvalue weighted by Gasteiger charge is -2.10. The fraction of sp³-hybridized carbons (Fsp3) is 1.00. The molecule has 4 nitrogen and oxygen atoms in total. The van der Waals surface area contributed by atoms with Crippen molar-refractivity contribution in [2.45, 2.75) is 38.7 Å². The molecule has 0 rings (SSSR count). The second-order valence-electron chi connectivity index (χ2n) is 3.51. The van der Waals surface area contributed by atoms with Gasteiger partial charge in [0.2, 0.25) is 10.0 Å². The van der Waals surface area contributed by atoms with E-state index < -0.39 is 16.1 Å². The van der Waals surface area contributed by atoms with Gasteiger partial charge >= 0.3 is 0 Å². The van der Waals surface area contributed by atoms with Gasteiger partial charge in [-0.3, -0.25) is 0 Å². The van der Waals surface area contributed by atoms with Crippen molar-refractivity contribution < 1.29 is 13.5 Å². The van der Waals surface area contributed by atoms with Crippen molar-refractivity contribution in [3.8, 4) is 0 Å². The van der Waals surface area contributed by atoms with Gasteiger partial charge in [0.15, 0.2) is 0 Å². The molecule has 1 unspecified atom stereocenters. The van der Waals surface area contributed by atoms with Crippen LogP contribution in [0.2, 0.25) is 0 Å². The number of rotatable bonds is 9. The molecule has 0 aromatic rings. The van der Waals surface area contributed by atoms with E-state index in [-0.39, 0.29) is 12.3 Å². The third-order valence-electron chi connectivity index (χ3n) is 1.96. The van der Waals surface area contributed by atoms with Gasteiger partial charge in [0.25, 0.3) is 0 Å². The van der Waals surface area contributed by atoms with Crippen LogP contribution in [0.15, 0.2) is 0 Å². The van der Waals surface area contributed by atoms with Crippen molar-refractivity contribution in [1.29, 1.82) is 0 Å². The van der Waals surface area contributed by atoms with E-state index in [1.165, 1.54) is 0 Å². The summed E-state index contributed by atoms with van der Waals surface area (Å²) in [4.78, 5) is 0. The third-order valence-corrected chi connectivity index (χ3v) is 3.66. The maximum Gasteiger partial charge on any atom is 0.211 e. The molecule has 0 bridgehead atoms. The fourth-order valence-corrected chi connectivity index (χ4v) is 2.48. The van der Waals surface area contributed by atoms with Gasteiger partial charge in [-0.15, -0.1) is 11.6 Å². The molecule has 0 heterocycles. The number of unbranched alkanes of at least 4 members (excludes halogenated alkanes) is 1. The maximum absolute atomic E-state index is 11.3. The molecule has 0 fully saturated rings. The maximum atomic E-state index is 11.3. The Bertz CT molecular complexity index is 244. The van der Waals surface area contributed by atoms with Crippen molar-refractivity contribution in [3.05, 3.63) is 0 Å². The molecular weight excluding hydrogens is 238 g/mol. The topological polar surface area (TPSA) is 66.4 Å². The smallest absolute Gasteiger partial charge is 0.211 e. The van der Waals surface area contributed by atoms with Crippen molar-refractivity contribution >= 4 is 21.6 Å². The Balaban J connectivity index is 3.73. The minimum atomic E-state index is -3.24. The van der Waals surface area contributed by atoms with E-state index in [1.54, 1.807) is 0 Å². The molecule has 0 aliphatic carbocycles. The van der Waals surface area contributed by atoms with E-state index in [1.807, 2.05) is 6.92 Å². The summed E-state index contributed by atoms with van der Waals surface area (Å²) >= 11 is 5.44. The summed E-state index contributed by atoms with van der Waals surface area (Å²) < 4.78 is 25.1. The fourth-order valence-electron chi connectivity index (χ4n) is 1.12. The predicted octanol–water partition coefficient (Wildman–Crippen LogP) is 1.09. The first-order valence-corrected chi connectivity index (χ1v) is 7.42.